The van der Waals surface area contributed by atoms with Crippen molar-refractivity contribution in [3.05, 3.63) is 57.0 Å². The van der Waals surface area contributed by atoms with E-state index in [1.165, 1.54) is 0 Å². The summed E-state index contributed by atoms with van der Waals surface area (Å²) in [6.45, 7) is 0.501. The van der Waals surface area contributed by atoms with Gasteiger partial charge < -0.3 is 10.5 Å². The molecule has 2 aromatic carbocycles. The van der Waals surface area contributed by atoms with E-state index in [2.05, 4.69) is 0 Å². The summed E-state index contributed by atoms with van der Waals surface area (Å²) in [7, 11) is 0. The van der Waals surface area contributed by atoms with Crippen molar-refractivity contribution in [1.29, 1.82) is 0 Å². The standard InChI is InChI=1S/C14H12Cl3NO/c15-11-2-1-3-14(10(11)6-7-18)19-9-4-5-12(16)13(17)8-9/h1-5,8H,6-7,18H2. The van der Waals surface area contributed by atoms with Gasteiger partial charge in [-0.3, -0.25) is 0 Å². The van der Waals surface area contributed by atoms with Crippen LogP contribution in [0.3, 0.4) is 0 Å². The molecule has 0 fully saturated rings. The second-order valence-corrected chi connectivity index (χ2v) is 5.15. The lowest BCUT2D eigenvalue weighted by Gasteiger charge is -2.12. The van der Waals surface area contributed by atoms with E-state index >= 15 is 0 Å². The minimum Gasteiger partial charge on any atom is -0.457 e. The number of hydrogen-bond acceptors (Lipinski definition) is 2. The monoisotopic (exact) mass is 315 g/mol. The maximum absolute atomic E-state index is 6.15. The molecule has 0 spiro atoms. The predicted octanol–water partition coefficient (Wildman–Crippen LogP) is 4.94. The van der Waals surface area contributed by atoms with Gasteiger partial charge in [-0.25, -0.2) is 0 Å². The van der Waals surface area contributed by atoms with Gasteiger partial charge in [0.25, 0.3) is 0 Å². The van der Waals surface area contributed by atoms with Crippen molar-refractivity contribution in [3.8, 4) is 11.5 Å². The fourth-order valence-corrected chi connectivity index (χ4v) is 2.24. The molecule has 0 heterocycles. The molecule has 0 aromatic heterocycles. The average molecular weight is 317 g/mol. The molecule has 0 radical (unpaired) electrons. The van der Waals surface area contributed by atoms with Gasteiger partial charge >= 0.3 is 0 Å². The lowest BCUT2D eigenvalue weighted by Crippen LogP contribution is -2.04. The van der Waals surface area contributed by atoms with Crippen molar-refractivity contribution >= 4 is 34.8 Å². The van der Waals surface area contributed by atoms with E-state index in [-0.39, 0.29) is 0 Å². The van der Waals surface area contributed by atoms with Gasteiger partial charge in [0, 0.05) is 16.7 Å². The molecule has 0 saturated carbocycles. The molecule has 0 atom stereocenters. The van der Waals surface area contributed by atoms with E-state index in [0.717, 1.165) is 5.56 Å². The van der Waals surface area contributed by atoms with Crippen LogP contribution < -0.4 is 10.5 Å². The first kappa shape index (κ1) is 14.5. The van der Waals surface area contributed by atoms with Gasteiger partial charge in [0.05, 0.1) is 10.0 Å². The van der Waals surface area contributed by atoms with Crippen molar-refractivity contribution in [2.75, 3.05) is 6.54 Å². The smallest absolute Gasteiger partial charge is 0.132 e. The fourth-order valence-electron chi connectivity index (χ4n) is 1.69. The van der Waals surface area contributed by atoms with E-state index in [9.17, 15) is 0 Å². The largest absolute Gasteiger partial charge is 0.457 e. The maximum Gasteiger partial charge on any atom is 0.132 e. The summed E-state index contributed by atoms with van der Waals surface area (Å²) in [6, 6.07) is 10.6. The van der Waals surface area contributed by atoms with Gasteiger partial charge in [-0.15, -0.1) is 0 Å². The second-order valence-electron chi connectivity index (χ2n) is 3.93. The third kappa shape index (κ3) is 3.54. The molecular formula is C14H12Cl3NO. The average Bonchev–Trinajstić information content (AvgIpc) is 2.38. The third-order valence-corrected chi connectivity index (χ3v) is 3.68. The molecule has 0 aliphatic rings. The van der Waals surface area contributed by atoms with E-state index in [1.807, 2.05) is 18.2 Å². The van der Waals surface area contributed by atoms with E-state index < -0.39 is 0 Å². The molecule has 0 saturated heterocycles. The Kier molecular flexibility index (Phi) is 4.94. The molecule has 0 aliphatic heterocycles. The highest BCUT2D eigenvalue weighted by atomic mass is 35.5. The van der Waals surface area contributed by atoms with Gasteiger partial charge in [-0.1, -0.05) is 40.9 Å². The molecule has 5 heteroatoms. The summed E-state index contributed by atoms with van der Waals surface area (Å²) in [4.78, 5) is 0. The van der Waals surface area contributed by atoms with E-state index in [1.54, 1.807) is 18.2 Å². The highest BCUT2D eigenvalue weighted by molar-refractivity contribution is 6.42. The van der Waals surface area contributed by atoms with E-state index in [4.69, 9.17) is 45.3 Å². The number of hydrogen-bond donors (Lipinski definition) is 1. The normalized spacial score (nSPS) is 10.5. The zero-order valence-electron chi connectivity index (χ0n) is 10.00. The Morgan fingerprint density at radius 1 is 0.947 bits per heavy atom. The minimum atomic E-state index is 0.446. The van der Waals surface area contributed by atoms with Crippen LogP contribution in [0.25, 0.3) is 0 Å². The molecule has 2 nitrogen and oxygen atoms in total. The Morgan fingerprint density at radius 3 is 2.42 bits per heavy atom. The first-order valence-corrected chi connectivity index (χ1v) is 6.85. The van der Waals surface area contributed by atoms with Gasteiger partial charge in [0.1, 0.15) is 11.5 Å². The maximum atomic E-state index is 6.15. The van der Waals surface area contributed by atoms with Crippen LogP contribution in [0, 0.1) is 0 Å². The first-order valence-electron chi connectivity index (χ1n) is 5.72. The Labute approximate surface area is 127 Å². The minimum absolute atomic E-state index is 0.446. The molecule has 19 heavy (non-hydrogen) atoms. The van der Waals surface area contributed by atoms with Gasteiger partial charge in [0.15, 0.2) is 0 Å². The zero-order chi connectivity index (χ0) is 13.8. The first-order chi connectivity index (χ1) is 9.11. The topological polar surface area (TPSA) is 35.2 Å². The summed E-state index contributed by atoms with van der Waals surface area (Å²) >= 11 is 18.0. The van der Waals surface area contributed by atoms with Crippen LogP contribution in [-0.2, 0) is 6.42 Å². The number of rotatable bonds is 4. The van der Waals surface area contributed by atoms with Crippen LogP contribution >= 0.6 is 34.8 Å². The summed E-state index contributed by atoms with van der Waals surface area (Å²) in [5.41, 5.74) is 6.47. The zero-order valence-corrected chi connectivity index (χ0v) is 12.3. The van der Waals surface area contributed by atoms with Crippen LogP contribution in [0.1, 0.15) is 5.56 Å². The number of halogens is 3. The number of nitrogens with two attached hydrogens (primary N) is 1. The van der Waals surface area contributed by atoms with Crippen molar-refractivity contribution in [1.82, 2.24) is 0 Å². The molecule has 0 aliphatic carbocycles. The predicted molar refractivity (Wildman–Crippen MR) is 80.7 cm³/mol. The molecule has 2 rings (SSSR count). The SMILES string of the molecule is NCCc1c(Cl)cccc1Oc1ccc(Cl)c(Cl)c1. The van der Waals surface area contributed by atoms with Crippen LogP contribution in [0.2, 0.25) is 15.1 Å². The van der Waals surface area contributed by atoms with Crippen LogP contribution in [-0.4, -0.2) is 6.54 Å². The van der Waals surface area contributed by atoms with Gasteiger partial charge in [-0.05, 0) is 37.2 Å². The quantitative estimate of drug-likeness (QED) is 0.867. The van der Waals surface area contributed by atoms with Gasteiger partial charge in [-0.2, -0.15) is 0 Å². The van der Waals surface area contributed by atoms with Crippen molar-refractivity contribution in [2.45, 2.75) is 6.42 Å². The van der Waals surface area contributed by atoms with E-state index in [0.29, 0.717) is 39.5 Å². The number of benzene rings is 2. The van der Waals surface area contributed by atoms with Crippen LogP contribution in [0.15, 0.2) is 36.4 Å². The van der Waals surface area contributed by atoms with Crippen LogP contribution in [0.5, 0.6) is 11.5 Å². The number of ether oxygens (including phenoxy) is 1. The summed E-state index contributed by atoms with van der Waals surface area (Å²) in [6.07, 6.45) is 0.649. The van der Waals surface area contributed by atoms with Crippen molar-refractivity contribution in [3.63, 3.8) is 0 Å². The second kappa shape index (κ2) is 6.49. The molecular weight excluding hydrogens is 305 g/mol. The Morgan fingerprint density at radius 2 is 1.74 bits per heavy atom. The molecule has 2 N–H and O–H groups in total. The lowest BCUT2D eigenvalue weighted by molar-refractivity contribution is 0.476. The van der Waals surface area contributed by atoms with Crippen molar-refractivity contribution in [2.24, 2.45) is 5.73 Å². The Balaban J connectivity index is 2.32. The molecule has 100 valence electrons. The fraction of sp³-hybridized carbons (Fsp3) is 0.143. The molecule has 2 aromatic rings. The summed E-state index contributed by atoms with van der Waals surface area (Å²) < 4.78 is 5.80. The summed E-state index contributed by atoms with van der Waals surface area (Å²) in [5, 5.41) is 1.58. The van der Waals surface area contributed by atoms with Crippen molar-refractivity contribution < 1.29 is 4.74 Å². The third-order valence-electron chi connectivity index (χ3n) is 2.59. The lowest BCUT2D eigenvalue weighted by atomic mass is 10.1. The molecule has 0 unspecified atom stereocenters. The summed E-state index contributed by atoms with van der Waals surface area (Å²) in [5.74, 6) is 1.28. The highest BCUT2D eigenvalue weighted by Crippen LogP contribution is 2.33. The van der Waals surface area contributed by atoms with Gasteiger partial charge in [0.2, 0.25) is 0 Å². The Hall–Kier alpha value is -0.930. The molecule has 0 amide bonds. The highest BCUT2D eigenvalue weighted by Gasteiger charge is 2.09. The Bertz CT molecular complexity index is 587. The molecule has 0 bridgehead atoms. The van der Waals surface area contributed by atoms with Crippen LogP contribution in [0.4, 0.5) is 0 Å².